The van der Waals surface area contributed by atoms with Gasteiger partial charge in [0.25, 0.3) is 0 Å². The highest BCUT2D eigenvalue weighted by atomic mass is 79.9. The molecule has 6 heteroatoms. The first-order chi connectivity index (χ1) is 10.1. The zero-order valence-corrected chi connectivity index (χ0v) is 13.2. The van der Waals surface area contributed by atoms with E-state index in [9.17, 15) is 4.39 Å². The van der Waals surface area contributed by atoms with Crippen LogP contribution in [-0.2, 0) is 6.42 Å². The van der Waals surface area contributed by atoms with Gasteiger partial charge in [0, 0.05) is 10.2 Å². The number of ether oxygens (including phenoxy) is 1. The standard InChI is InChI=1S/C15H17BrFN3O/c1-21-14-4-2-3-9(15(14)17)7-13(20-19)11-8-10(16)5-6-12(11)18/h2-6,8,13,20H,7,18-19H2,1H3. The number of nitrogen functional groups attached to an aromatic ring is 1. The van der Waals surface area contributed by atoms with Gasteiger partial charge >= 0.3 is 0 Å². The van der Waals surface area contributed by atoms with Crippen LogP contribution in [0.15, 0.2) is 40.9 Å². The summed E-state index contributed by atoms with van der Waals surface area (Å²) in [6, 6.07) is 10.2. The van der Waals surface area contributed by atoms with Crippen molar-refractivity contribution in [2.24, 2.45) is 5.84 Å². The molecule has 5 N–H and O–H groups in total. The molecule has 0 saturated carbocycles. The molecular weight excluding hydrogens is 337 g/mol. The van der Waals surface area contributed by atoms with Gasteiger partial charge in [0.1, 0.15) is 0 Å². The number of methoxy groups -OCH3 is 1. The predicted molar refractivity (Wildman–Crippen MR) is 85.3 cm³/mol. The molecule has 4 nitrogen and oxygen atoms in total. The molecule has 21 heavy (non-hydrogen) atoms. The number of hydrogen-bond donors (Lipinski definition) is 3. The smallest absolute Gasteiger partial charge is 0.168 e. The van der Waals surface area contributed by atoms with E-state index in [1.165, 1.54) is 7.11 Å². The Balaban J connectivity index is 2.33. The van der Waals surface area contributed by atoms with E-state index in [1.807, 2.05) is 12.1 Å². The molecule has 2 rings (SSSR count). The van der Waals surface area contributed by atoms with Crippen LogP contribution < -0.4 is 21.7 Å². The average molecular weight is 354 g/mol. The van der Waals surface area contributed by atoms with Crippen LogP contribution in [0.1, 0.15) is 17.2 Å². The van der Waals surface area contributed by atoms with Crippen LogP contribution in [0.3, 0.4) is 0 Å². The number of hydrogen-bond acceptors (Lipinski definition) is 4. The molecule has 112 valence electrons. The number of nitrogens with one attached hydrogen (secondary N) is 1. The van der Waals surface area contributed by atoms with Gasteiger partial charge in [-0.15, -0.1) is 0 Å². The Labute approximate surface area is 131 Å². The molecular formula is C15H17BrFN3O. The number of hydrazine groups is 1. The second kappa shape index (κ2) is 6.89. The molecule has 1 atom stereocenters. The highest BCUT2D eigenvalue weighted by Gasteiger charge is 2.17. The second-order valence-electron chi connectivity index (χ2n) is 4.63. The van der Waals surface area contributed by atoms with Crippen molar-refractivity contribution in [3.05, 3.63) is 57.8 Å². The van der Waals surface area contributed by atoms with Crippen molar-refractivity contribution in [3.63, 3.8) is 0 Å². The largest absolute Gasteiger partial charge is 0.494 e. The minimum atomic E-state index is -0.381. The SMILES string of the molecule is COc1cccc(CC(NN)c2cc(Br)ccc2N)c1F. The topological polar surface area (TPSA) is 73.3 Å². The Kier molecular flexibility index (Phi) is 5.17. The minimum absolute atomic E-state index is 0.213. The molecule has 0 aliphatic carbocycles. The van der Waals surface area contributed by atoms with Crippen molar-refractivity contribution in [2.75, 3.05) is 12.8 Å². The van der Waals surface area contributed by atoms with Crippen LogP contribution in [0.2, 0.25) is 0 Å². The van der Waals surface area contributed by atoms with Crippen LogP contribution >= 0.6 is 15.9 Å². The minimum Gasteiger partial charge on any atom is -0.494 e. The Bertz CT molecular complexity index is 636. The van der Waals surface area contributed by atoms with E-state index >= 15 is 0 Å². The van der Waals surface area contributed by atoms with E-state index < -0.39 is 0 Å². The summed E-state index contributed by atoms with van der Waals surface area (Å²) in [5.41, 5.74) is 10.6. The van der Waals surface area contributed by atoms with E-state index in [0.717, 1.165) is 10.0 Å². The van der Waals surface area contributed by atoms with E-state index in [4.69, 9.17) is 16.3 Å². The van der Waals surface area contributed by atoms with E-state index in [0.29, 0.717) is 17.7 Å². The summed E-state index contributed by atoms with van der Waals surface area (Å²) in [6.07, 6.45) is 0.361. The molecule has 0 aliphatic heterocycles. The number of nitrogens with two attached hydrogens (primary N) is 2. The summed E-state index contributed by atoms with van der Waals surface area (Å²) in [5.74, 6) is 5.45. The lowest BCUT2D eigenvalue weighted by molar-refractivity contribution is 0.382. The molecule has 1 unspecified atom stereocenters. The van der Waals surface area contributed by atoms with Gasteiger partial charge in [0.15, 0.2) is 11.6 Å². The molecule has 0 aliphatic rings. The van der Waals surface area contributed by atoms with Gasteiger partial charge in [-0.1, -0.05) is 28.1 Å². The number of halogens is 2. The fraction of sp³-hybridized carbons (Fsp3) is 0.200. The van der Waals surface area contributed by atoms with Crippen LogP contribution in [-0.4, -0.2) is 7.11 Å². The molecule has 2 aromatic carbocycles. The molecule has 2 aromatic rings. The van der Waals surface area contributed by atoms with Crippen molar-refractivity contribution < 1.29 is 9.13 Å². The Hall–Kier alpha value is -1.63. The summed E-state index contributed by atoms with van der Waals surface area (Å²) < 4.78 is 20.1. The maximum Gasteiger partial charge on any atom is 0.168 e. The molecule has 0 spiro atoms. The lowest BCUT2D eigenvalue weighted by Gasteiger charge is -2.19. The van der Waals surface area contributed by atoms with Crippen molar-refractivity contribution in [1.29, 1.82) is 0 Å². The van der Waals surface area contributed by atoms with Crippen molar-refractivity contribution in [2.45, 2.75) is 12.5 Å². The quantitative estimate of drug-likeness (QED) is 0.439. The Morgan fingerprint density at radius 3 is 2.76 bits per heavy atom. The van der Waals surface area contributed by atoms with E-state index in [1.54, 1.807) is 24.3 Å². The van der Waals surface area contributed by atoms with Crippen LogP contribution in [0.4, 0.5) is 10.1 Å². The lowest BCUT2D eigenvalue weighted by atomic mass is 9.97. The van der Waals surface area contributed by atoms with Gasteiger partial charge in [0.05, 0.1) is 13.2 Å². The van der Waals surface area contributed by atoms with Crippen LogP contribution in [0.5, 0.6) is 5.75 Å². The maximum atomic E-state index is 14.2. The third-order valence-electron chi connectivity index (χ3n) is 3.31. The molecule has 0 heterocycles. The van der Waals surface area contributed by atoms with E-state index in [-0.39, 0.29) is 17.6 Å². The highest BCUT2D eigenvalue weighted by molar-refractivity contribution is 9.10. The normalized spacial score (nSPS) is 12.2. The number of benzene rings is 2. The van der Waals surface area contributed by atoms with Crippen molar-refractivity contribution >= 4 is 21.6 Å². The van der Waals surface area contributed by atoms with Crippen molar-refractivity contribution in [3.8, 4) is 5.75 Å². The van der Waals surface area contributed by atoms with Gasteiger partial charge in [-0.25, -0.2) is 4.39 Å². The first-order valence-corrected chi connectivity index (χ1v) is 7.18. The van der Waals surface area contributed by atoms with Gasteiger partial charge in [0.2, 0.25) is 0 Å². The molecule has 0 amide bonds. The molecule has 0 saturated heterocycles. The van der Waals surface area contributed by atoms with Gasteiger partial charge < -0.3 is 10.5 Å². The lowest BCUT2D eigenvalue weighted by Crippen LogP contribution is -2.30. The number of rotatable bonds is 5. The number of anilines is 1. The summed E-state index contributed by atoms with van der Waals surface area (Å²) in [4.78, 5) is 0. The van der Waals surface area contributed by atoms with Crippen LogP contribution in [0, 0.1) is 5.82 Å². The first kappa shape index (κ1) is 15.8. The molecule has 0 aromatic heterocycles. The third kappa shape index (κ3) is 3.53. The summed E-state index contributed by atoms with van der Waals surface area (Å²) in [6.45, 7) is 0. The molecule has 0 radical (unpaired) electrons. The monoisotopic (exact) mass is 353 g/mol. The Morgan fingerprint density at radius 2 is 2.10 bits per heavy atom. The first-order valence-electron chi connectivity index (χ1n) is 6.39. The average Bonchev–Trinajstić information content (AvgIpc) is 2.49. The molecule has 0 fully saturated rings. The van der Waals surface area contributed by atoms with Crippen molar-refractivity contribution in [1.82, 2.24) is 5.43 Å². The predicted octanol–water partition coefficient (Wildman–Crippen LogP) is 2.93. The Morgan fingerprint density at radius 1 is 1.33 bits per heavy atom. The maximum absolute atomic E-state index is 14.2. The third-order valence-corrected chi connectivity index (χ3v) is 3.81. The zero-order chi connectivity index (χ0) is 15.4. The highest BCUT2D eigenvalue weighted by Crippen LogP contribution is 2.29. The van der Waals surface area contributed by atoms with Gasteiger partial charge in [-0.2, -0.15) is 0 Å². The fourth-order valence-electron chi connectivity index (χ4n) is 2.20. The summed E-state index contributed by atoms with van der Waals surface area (Å²) in [7, 11) is 1.44. The van der Waals surface area contributed by atoms with Gasteiger partial charge in [-0.05, 0) is 41.8 Å². The summed E-state index contributed by atoms with van der Waals surface area (Å²) >= 11 is 3.40. The van der Waals surface area contributed by atoms with E-state index in [2.05, 4.69) is 21.4 Å². The molecule has 0 bridgehead atoms. The zero-order valence-electron chi connectivity index (χ0n) is 11.6. The van der Waals surface area contributed by atoms with Crippen LogP contribution in [0.25, 0.3) is 0 Å². The fourth-order valence-corrected chi connectivity index (χ4v) is 2.58. The summed E-state index contributed by atoms with van der Waals surface area (Å²) in [5, 5.41) is 0. The second-order valence-corrected chi connectivity index (χ2v) is 5.55. The van der Waals surface area contributed by atoms with Gasteiger partial charge in [-0.3, -0.25) is 11.3 Å².